The zero-order chi connectivity index (χ0) is 14.0. The van der Waals surface area contributed by atoms with E-state index in [1.807, 2.05) is 0 Å². The fourth-order valence-corrected chi connectivity index (χ4v) is 1.90. The number of carbonyl (C=O) groups is 1. The van der Waals surface area contributed by atoms with Crippen molar-refractivity contribution in [1.29, 1.82) is 0 Å². The van der Waals surface area contributed by atoms with E-state index in [-0.39, 0.29) is 5.78 Å². The van der Waals surface area contributed by atoms with Gasteiger partial charge >= 0.3 is 6.18 Å². The number of benzene rings is 2. The van der Waals surface area contributed by atoms with Crippen molar-refractivity contribution in [2.24, 2.45) is 0 Å². The topological polar surface area (TPSA) is 17.1 Å². The summed E-state index contributed by atoms with van der Waals surface area (Å²) in [6.45, 7) is 1.40. The van der Waals surface area contributed by atoms with Crippen LogP contribution in [0.3, 0.4) is 0 Å². The average molecular weight is 264 g/mol. The predicted molar refractivity (Wildman–Crippen MR) is 66.9 cm³/mol. The highest BCUT2D eigenvalue weighted by Crippen LogP contribution is 2.33. The van der Waals surface area contributed by atoms with Crippen LogP contribution in [0.1, 0.15) is 22.8 Å². The summed E-state index contributed by atoms with van der Waals surface area (Å²) in [6, 6.07) is 11.6. The van der Waals surface area contributed by atoms with E-state index in [0.717, 1.165) is 12.1 Å². The molecule has 2 aromatic carbocycles. The lowest BCUT2D eigenvalue weighted by Crippen LogP contribution is -2.05. The minimum atomic E-state index is -4.39. The van der Waals surface area contributed by atoms with Gasteiger partial charge in [0.2, 0.25) is 0 Å². The van der Waals surface area contributed by atoms with Crippen molar-refractivity contribution in [3.05, 3.63) is 59.7 Å². The van der Waals surface area contributed by atoms with Gasteiger partial charge in [-0.1, -0.05) is 36.4 Å². The summed E-state index contributed by atoms with van der Waals surface area (Å²) in [4.78, 5) is 11.5. The molecule has 2 aromatic rings. The molecule has 0 saturated heterocycles. The first-order chi connectivity index (χ1) is 8.89. The van der Waals surface area contributed by atoms with Crippen molar-refractivity contribution in [2.45, 2.75) is 13.1 Å². The van der Waals surface area contributed by atoms with Crippen LogP contribution in [0.2, 0.25) is 0 Å². The lowest BCUT2D eigenvalue weighted by Gasteiger charge is -2.11. The van der Waals surface area contributed by atoms with Gasteiger partial charge in [-0.15, -0.1) is 0 Å². The van der Waals surface area contributed by atoms with E-state index in [9.17, 15) is 18.0 Å². The van der Waals surface area contributed by atoms with Gasteiger partial charge in [0.25, 0.3) is 0 Å². The number of carbonyl (C=O) groups excluding carboxylic acids is 1. The van der Waals surface area contributed by atoms with Crippen LogP contribution in [0.25, 0.3) is 11.1 Å². The number of hydrogen-bond donors (Lipinski definition) is 0. The molecule has 4 heteroatoms. The summed E-state index contributed by atoms with van der Waals surface area (Å²) < 4.78 is 38.0. The van der Waals surface area contributed by atoms with Crippen molar-refractivity contribution in [3.63, 3.8) is 0 Å². The number of Topliss-reactive ketones (excluding diaryl/α,β-unsaturated/α-hetero) is 1. The second-order valence-electron chi connectivity index (χ2n) is 4.18. The van der Waals surface area contributed by atoms with E-state index >= 15 is 0 Å². The van der Waals surface area contributed by atoms with Crippen LogP contribution in [0.4, 0.5) is 13.2 Å². The highest BCUT2D eigenvalue weighted by molar-refractivity contribution is 6.00. The standard InChI is InChI=1S/C15H11F3O/c1-10(19)13-7-2-3-8-14(13)11-5-4-6-12(9-11)15(16,17)18/h2-9H,1H3. The minimum absolute atomic E-state index is 0.173. The molecular weight excluding hydrogens is 253 g/mol. The van der Waals surface area contributed by atoms with Crippen molar-refractivity contribution < 1.29 is 18.0 Å². The Hall–Kier alpha value is -2.10. The number of alkyl halides is 3. The Kier molecular flexibility index (Phi) is 3.42. The molecule has 2 rings (SSSR count). The first-order valence-electron chi connectivity index (χ1n) is 5.67. The first-order valence-corrected chi connectivity index (χ1v) is 5.67. The maximum absolute atomic E-state index is 12.7. The lowest BCUT2D eigenvalue weighted by molar-refractivity contribution is -0.137. The predicted octanol–water partition coefficient (Wildman–Crippen LogP) is 4.58. The quantitative estimate of drug-likeness (QED) is 0.726. The molecule has 0 spiro atoms. The van der Waals surface area contributed by atoms with Gasteiger partial charge in [0, 0.05) is 5.56 Å². The summed E-state index contributed by atoms with van der Waals surface area (Å²) in [6.07, 6.45) is -4.39. The maximum atomic E-state index is 12.7. The second kappa shape index (κ2) is 4.88. The Morgan fingerprint density at radius 3 is 2.32 bits per heavy atom. The number of halogens is 3. The van der Waals surface area contributed by atoms with E-state index in [1.165, 1.54) is 13.0 Å². The maximum Gasteiger partial charge on any atom is 0.416 e. The molecule has 0 aromatic heterocycles. The zero-order valence-corrected chi connectivity index (χ0v) is 10.2. The number of ketones is 1. The Bertz CT molecular complexity index is 615. The highest BCUT2D eigenvalue weighted by Gasteiger charge is 2.30. The van der Waals surface area contributed by atoms with Gasteiger partial charge in [0.15, 0.2) is 5.78 Å². The summed E-state index contributed by atoms with van der Waals surface area (Å²) in [5.74, 6) is -0.173. The Labute approximate surface area is 108 Å². The molecule has 0 radical (unpaired) electrons. The van der Waals surface area contributed by atoms with Gasteiger partial charge in [0.1, 0.15) is 0 Å². The van der Waals surface area contributed by atoms with E-state index in [4.69, 9.17) is 0 Å². The van der Waals surface area contributed by atoms with Crippen molar-refractivity contribution >= 4 is 5.78 Å². The van der Waals surface area contributed by atoms with Gasteiger partial charge in [-0.05, 0) is 30.2 Å². The highest BCUT2D eigenvalue weighted by atomic mass is 19.4. The van der Waals surface area contributed by atoms with Crippen molar-refractivity contribution in [2.75, 3.05) is 0 Å². The number of rotatable bonds is 2. The number of hydrogen-bond acceptors (Lipinski definition) is 1. The van der Waals surface area contributed by atoms with Crippen LogP contribution in [-0.2, 0) is 6.18 Å². The first kappa shape index (κ1) is 13.3. The molecule has 19 heavy (non-hydrogen) atoms. The summed E-state index contributed by atoms with van der Waals surface area (Å²) >= 11 is 0. The SMILES string of the molecule is CC(=O)c1ccccc1-c1cccc(C(F)(F)F)c1. The van der Waals surface area contributed by atoms with Crippen LogP contribution in [0.5, 0.6) is 0 Å². The molecule has 0 amide bonds. The summed E-state index contributed by atoms with van der Waals surface area (Å²) in [5.41, 5.74) is 0.604. The van der Waals surface area contributed by atoms with Crippen LogP contribution >= 0.6 is 0 Å². The van der Waals surface area contributed by atoms with Gasteiger partial charge in [0.05, 0.1) is 5.56 Å². The van der Waals surface area contributed by atoms with Crippen molar-refractivity contribution in [1.82, 2.24) is 0 Å². The largest absolute Gasteiger partial charge is 0.416 e. The lowest BCUT2D eigenvalue weighted by atomic mass is 9.96. The molecule has 0 heterocycles. The molecule has 0 aliphatic carbocycles. The fourth-order valence-electron chi connectivity index (χ4n) is 1.90. The molecular formula is C15H11F3O. The molecule has 0 atom stereocenters. The third-order valence-corrected chi connectivity index (χ3v) is 2.81. The zero-order valence-electron chi connectivity index (χ0n) is 10.2. The van der Waals surface area contributed by atoms with E-state index in [2.05, 4.69) is 0 Å². The molecule has 0 fully saturated rings. The van der Waals surface area contributed by atoms with Crippen LogP contribution < -0.4 is 0 Å². The van der Waals surface area contributed by atoms with Crippen molar-refractivity contribution in [3.8, 4) is 11.1 Å². The average Bonchev–Trinajstić information content (AvgIpc) is 2.38. The molecule has 1 nitrogen and oxygen atoms in total. The van der Waals surface area contributed by atoms with Gasteiger partial charge in [-0.25, -0.2) is 0 Å². The summed E-state index contributed by atoms with van der Waals surface area (Å²) in [5, 5.41) is 0. The molecule has 0 saturated carbocycles. The monoisotopic (exact) mass is 264 g/mol. The molecule has 98 valence electrons. The van der Waals surface area contributed by atoms with E-state index < -0.39 is 11.7 Å². The van der Waals surface area contributed by atoms with Gasteiger partial charge < -0.3 is 0 Å². The van der Waals surface area contributed by atoms with Crippen LogP contribution in [-0.4, -0.2) is 5.78 Å². The molecule has 0 unspecified atom stereocenters. The Morgan fingerprint density at radius 1 is 1.00 bits per heavy atom. The minimum Gasteiger partial charge on any atom is -0.294 e. The third-order valence-electron chi connectivity index (χ3n) is 2.81. The molecule has 0 N–H and O–H groups in total. The smallest absolute Gasteiger partial charge is 0.294 e. The molecule has 0 aliphatic heterocycles. The van der Waals surface area contributed by atoms with Gasteiger partial charge in [-0.3, -0.25) is 4.79 Å². The third kappa shape index (κ3) is 2.84. The Balaban J connectivity index is 2.57. The fraction of sp³-hybridized carbons (Fsp3) is 0.133. The summed E-state index contributed by atoms with van der Waals surface area (Å²) in [7, 11) is 0. The molecule has 0 aliphatic rings. The van der Waals surface area contributed by atoms with Crippen LogP contribution in [0.15, 0.2) is 48.5 Å². The Morgan fingerprint density at radius 2 is 1.68 bits per heavy atom. The normalized spacial score (nSPS) is 11.4. The molecule has 0 bridgehead atoms. The van der Waals surface area contributed by atoms with Crippen LogP contribution in [0, 0.1) is 0 Å². The van der Waals surface area contributed by atoms with E-state index in [0.29, 0.717) is 16.7 Å². The van der Waals surface area contributed by atoms with Gasteiger partial charge in [-0.2, -0.15) is 13.2 Å². The van der Waals surface area contributed by atoms with E-state index in [1.54, 1.807) is 30.3 Å². The second-order valence-corrected chi connectivity index (χ2v) is 4.18.